The van der Waals surface area contributed by atoms with Gasteiger partial charge in [0, 0.05) is 22.1 Å². The van der Waals surface area contributed by atoms with Crippen molar-refractivity contribution in [3.8, 4) is 0 Å². The van der Waals surface area contributed by atoms with Crippen molar-refractivity contribution in [3.05, 3.63) is 92.4 Å². The fourth-order valence-electron chi connectivity index (χ4n) is 3.91. The second kappa shape index (κ2) is 13.9. The highest BCUT2D eigenvalue weighted by atomic mass is 79.9. The van der Waals surface area contributed by atoms with Gasteiger partial charge in [0.1, 0.15) is 12.6 Å². The summed E-state index contributed by atoms with van der Waals surface area (Å²) >= 11 is 16.1. The quantitative estimate of drug-likeness (QED) is 0.250. The molecule has 0 saturated carbocycles. The van der Waals surface area contributed by atoms with Crippen LogP contribution in [-0.2, 0) is 26.2 Å². The molecular weight excluding hydrogens is 637 g/mol. The summed E-state index contributed by atoms with van der Waals surface area (Å²) in [5.41, 5.74) is 1.70. The maximum absolute atomic E-state index is 14.0. The number of benzene rings is 3. The first-order chi connectivity index (χ1) is 18.8. The number of nitrogens with one attached hydrogen (secondary N) is 1. The summed E-state index contributed by atoms with van der Waals surface area (Å²) in [5, 5.41) is 3.27. The Morgan fingerprint density at radius 2 is 1.68 bits per heavy atom. The molecular formula is C29H32BrCl2N3O4S. The molecule has 0 spiro atoms. The van der Waals surface area contributed by atoms with E-state index < -0.39 is 28.5 Å². The highest BCUT2D eigenvalue weighted by Gasteiger charge is 2.33. The van der Waals surface area contributed by atoms with Gasteiger partial charge in [-0.05, 0) is 75.2 Å². The van der Waals surface area contributed by atoms with Crippen molar-refractivity contribution in [2.45, 2.75) is 57.6 Å². The van der Waals surface area contributed by atoms with Gasteiger partial charge in [-0.2, -0.15) is 0 Å². The van der Waals surface area contributed by atoms with Gasteiger partial charge >= 0.3 is 0 Å². The molecule has 7 nitrogen and oxygen atoms in total. The molecule has 0 aliphatic rings. The van der Waals surface area contributed by atoms with E-state index >= 15 is 0 Å². The van der Waals surface area contributed by atoms with E-state index in [-0.39, 0.29) is 39.1 Å². The highest BCUT2D eigenvalue weighted by Crippen LogP contribution is 2.33. The normalized spacial score (nSPS) is 12.9. The summed E-state index contributed by atoms with van der Waals surface area (Å²) in [6.45, 7) is 6.76. The van der Waals surface area contributed by atoms with E-state index in [1.807, 2.05) is 45.0 Å². The average molecular weight is 669 g/mol. The van der Waals surface area contributed by atoms with Crippen LogP contribution < -0.4 is 9.62 Å². The Kier molecular flexibility index (Phi) is 11.1. The van der Waals surface area contributed by atoms with Crippen LogP contribution in [0.15, 0.2) is 76.1 Å². The van der Waals surface area contributed by atoms with Crippen LogP contribution in [0.25, 0.3) is 0 Å². The molecule has 0 bridgehead atoms. The third-order valence-corrected chi connectivity index (χ3v) is 9.30. The highest BCUT2D eigenvalue weighted by molar-refractivity contribution is 9.10. The number of rotatable bonds is 11. The minimum Gasteiger partial charge on any atom is -0.352 e. The lowest BCUT2D eigenvalue weighted by Crippen LogP contribution is -2.52. The van der Waals surface area contributed by atoms with Gasteiger partial charge in [0.25, 0.3) is 10.0 Å². The molecule has 0 saturated heterocycles. The van der Waals surface area contributed by atoms with Gasteiger partial charge in [-0.15, -0.1) is 0 Å². The molecule has 2 amide bonds. The Hall–Kier alpha value is -2.59. The van der Waals surface area contributed by atoms with Crippen LogP contribution in [0.2, 0.25) is 10.0 Å². The number of halogens is 3. The van der Waals surface area contributed by atoms with E-state index in [2.05, 4.69) is 21.2 Å². The van der Waals surface area contributed by atoms with Crippen molar-refractivity contribution in [1.29, 1.82) is 0 Å². The maximum atomic E-state index is 14.0. The molecule has 3 aromatic carbocycles. The van der Waals surface area contributed by atoms with Crippen molar-refractivity contribution in [3.63, 3.8) is 0 Å². The second-order valence-electron chi connectivity index (χ2n) is 9.57. The second-order valence-corrected chi connectivity index (χ2v) is 13.2. The van der Waals surface area contributed by atoms with Gasteiger partial charge in [-0.3, -0.25) is 13.9 Å². The van der Waals surface area contributed by atoms with Gasteiger partial charge < -0.3 is 10.2 Å². The number of aryl methyl sites for hydroxylation is 1. The number of carbonyl (C=O) groups is 2. The van der Waals surface area contributed by atoms with Crippen molar-refractivity contribution < 1.29 is 18.0 Å². The van der Waals surface area contributed by atoms with Crippen molar-refractivity contribution in [2.75, 3.05) is 10.8 Å². The molecule has 214 valence electrons. The summed E-state index contributed by atoms with van der Waals surface area (Å²) in [6, 6.07) is 17.1. The van der Waals surface area contributed by atoms with Crippen LogP contribution in [0.5, 0.6) is 0 Å². The SMILES string of the molecule is CCC(C)NC(=O)C(C)N(Cc1cccc(Br)c1)C(=O)CN(c1cc(Cl)ccc1Cl)S(=O)(=O)c1ccc(C)cc1. The molecule has 40 heavy (non-hydrogen) atoms. The molecule has 1 N–H and O–H groups in total. The fourth-order valence-corrected chi connectivity index (χ4v) is 6.22. The number of sulfonamides is 1. The zero-order valence-corrected chi connectivity index (χ0v) is 26.6. The summed E-state index contributed by atoms with van der Waals surface area (Å²) in [7, 11) is -4.25. The van der Waals surface area contributed by atoms with Crippen LogP contribution in [0.1, 0.15) is 38.3 Å². The zero-order valence-electron chi connectivity index (χ0n) is 22.7. The van der Waals surface area contributed by atoms with E-state index in [4.69, 9.17) is 23.2 Å². The monoisotopic (exact) mass is 667 g/mol. The lowest BCUT2D eigenvalue weighted by Gasteiger charge is -2.32. The third kappa shape index (κ3) is 8.00. The van der Waals surface area contributed by atoms with Crippen molar-refractivity contribution >= 4 is 66.7 Å². The Morgan fingerprint density at radius 3 is 2.30 bits per heavy atom. The number of nitrogens with zero attached hydrogens (tertiary/aromatic N) is 2. The lowest BCUT2D eigenvalue weighted by atomic mass is 10.1. The van der Waals surface area contributed by atoms with Gasteiger partial charge in [-0.1, -0.05) is 75.9 Å². The molecule has 0 aliphatic carbocycles. The topological polar surface area (TPSA) is 86.8 Å². The minimum absolute atomic E-state index is 0.0111. The van der Waals surface area contributed by atoms with Crippen LogP contribution in [-0.4, -0.2) is 43.8 Å². The molecule has 0 heterocycles. The standard InChI is InChI=1S/C29H32BrCl2N3O4S/c1-5-20(3)33-29(37)21(4)34(17-22-7-6-8-23(30)15-22)28(36)18-35(27-16-24(31)11-14-26(27)32)40(38,39)25-12-9-19(2)10-13-25/h6-16,20-21H,5,17-18H2,1-4H3,(H,33,37). The number of amides is 2. The summed E-state index contributed by atoms with van der Waals surface area (Å²) in [4.78, 5) is 28.5. The van der Waals surface area contributed by atoms with Gasteiger partial charge in [0.05, 0.1) is 15.6 Å². The predicted molar refractivity (Wildman–Crippen MR) is 164 cm³/mol. The summed E-state index contributed by atoms with van der Waals surface area (Å²) < 4.78 is 29.6. The van der Waals surface area contributed by atoms with Crippen LogP contribution >= 0.6 is 39.1 Å². The first-order valence-corrected chi connectivity index (χ1v) is 15.7. The van der Waals surface area contributed by atoms with Crippen molar-refractivity contribution in [1.82, 2.24) is 10.2 Å². The van der Waals surface area contributed by atoms with Gasteiger partial charge in [-0.25, -0.2) is 8.42 Å². The largest absolute Gasteiger partial charge is 0.352 e. The zero-order chi connectivity index (χ0) is 29.6. The molecule has 11 heteroatoms. The molecule has 0 aromatic heterocycles. The van der Waals surface area contributed by atoms with E-state index in [9.17, 15) is 18.0 Å². The fraction of sp³-hybridized carbons (Fsp3) is 0.310. The Balaban J connectivity index is 2.07. The molecule has 0 fully saturated rings. The summed E-state index contributed by atoms with van der Waals surface area (Å²) in [5.74, 6) is -0.926. The van der Waals surface area contributed by atoms with Gasteiger partial charge in [0.15, 0.2) is 0 Å². The molecule has 3 rings (SSSR count). The molecule has 0 aliphatic heterocycles. The number of carbonyl (C=O) groups excluding carboxylic acids is 2. The molecule has 3 aromatic rings. The summed E-state index contributed by atoms with van der Waals surface area (Å²) in [6.07, 6.45) is 0.716. The van der Waals surface area contributed by atoms with Crippen LogP contribution in [0, 0.1) is 6.92 Å². The van der Waals surface area contributed by atoms with Gasteiger partial charge in [0.2, 0.25) is 11.8 Å². The first-order valence-electron chi connectivity index (χ1n) is 12.7. The number of hydrogen-bond donors (Lipinski definition) is 1. The Bertz CT molecular complexity index is 1470. The lowest BCUT2D eigenvalue weighted by molar-refractivity contribution is -0.139. The molecule has 2 unspecified atom stereocenters. The van der Waals surface area contributed by atoms with Crippen LogP contribution in [0.3, 0.4) is 0 Å². The predicted octanol–water partition coefficient (Wildman–Crippen LogP) is 6.59. The molecule has 0 radical (unpaired) electrons. The van der Waals surface area contributed by atoms with E-state index in [0.29, 0.717) is 6.42 Å². The Morgan fingerprint density at radius 1 is 1.00 bits per heavy atom. The smallest absolute Gasteiger partial charge is 0.264 e. The average Bonchev–Trinajstić information content (AvgIpc) is 2.91. The van der Waals surface area contributed by atoms with Crippen LogP contribution in [0.4, 0.5) is 5.69 Å². The molecule has 2 atom stereocenters. The third-order valence-electron chi connectivity index (χ3n) is 6.47. The van der Waals surface area contributed by atoms with Crippen molar-refractivity contribution in [2.24, 2.45) is 0 Å². The Labute approximate surface area is 254 Å². The minimum atomic E-state index is -4.25. The maximum Gasteiger partial charge on any atom is 0.264 e. The van der Waals surface area contributed by atoms with E-state index in [1.54, 1.807) is 19.1 Å². The first kappa shape index (κ1) is 31.9. The van der Waals surface area contributed by atoms with E-state index in [1.165, 1.54) is 35.2 Å². The van der Waals surface area contributed by atoms with E-state index in [0.717, 1.165) is 19.9 Å². The number of anilines is 1. The number of hydrogen-bond acceptors (Lipinski definition) is 4.